The van der Waals surface area contributed by atoms with E-state index in [0.717, 1.165) is 18.7 Å². The number of carbonyl (C=O) groups is 1. The average Bonchev–Trinajstić information content (AvgIpc) is 3.12. The van der Waals surface area contributed by atoms with Crippen molar-refractivity contribution in [3.8, 4) is 0 Å². The maximum atomic E-state index is 12.8. The fourth-order valence-electron chi connectivity index (χ4n) is 3.13. The summed E-state index contributed by atoms with van der Waals surface area (Å²) in [5.74, 6) is -1.97. The molecular formula is C16H24ClF3N4O. The van der Waals surface area contributed by atoms with Crippen LogP contribution in [0.25, 0.3) is 0 Å². The Morgan fingerprint density at radius 1 is 1.24 bits per heavy atom. The molecule has 1 amide bonds. The number of halogens is 4. The molecule has 3 heterocycles. The van der Waals surface area contributed by atoms with E-state index in [1.165, 1.54) is 4.90 Å². The zero-order valence-electron chi connectivity index (χ0n) is 14.7. The zero-order chi connectivity index (χ0) is 18.8. The number of aryl methyl sites for hydroxylation is 1. The van der Waals surface area contributed by atoms with Crippen molar-refractivity contribution < 1.29 is 18.0 Å². The summed E-state index contributed by atoms with van der Waals surface area (Å²) in [6.45, 7) is 5.90. The first-order chi connectivity index (χ1) is 11.8. The van der Waals surface area contributed by atoms with Gasteiger partial charge < -0.3 is 9.80 Å². The molecule has 2 aliphatic heterocycles. The molecule has 0 saturated carbocycles. The van der Waals surface area contributed by atoms with E-state index in [0.29, 0.717) is 13.1 Å². The van der Waals surface area contributed by atoms with Crippen LogP contribution in [-0.4, -0.2) is 58.3 Å². The number of carbonyl (C=O) groups excluding carboxylic acids is 1. The molecule has 25 heavy (non-hydrogen) atoms. The number of likely N-dealkylation sites (tertiary alicyclic amines) is 1. The summed E-state index contributed by atoms with van der Waals surface area (Å²) in [6.07, 6.45) is -3.45. The van der Waals surface area contributed by atoms with Crippen LogP contribution in [0, 0.1) is 5.92 Å². The summed E-state index contributed by atoms with van der Waals surface area (Å²) in [5.41, 5.74) is 0.821. The van der Waals surface area contributed by atoms with Crippen LogP contribution in [0.15, 0.2) is 0 Å². The van der Waals surface area contributed by atoms with Crippen LogP contribution in [-0.2, 0) is 13.1 Å². The predicted octanol–water partition coefficient (Wildman–Crippen LogP) is 3.42. The van der Waals surface area contributed by atoms with Gasteiger partial charge in [0.2, 0.25) is 0 Å². The molecule has 0 aliphatic carbocycles. The third-order valence-electron chi connectivity index (χ3n) is 4.46. The van der Waals surface area contributed by atoms with Gasteiger partial charge in [0.05, 0.1) is 16.6 Å². The van der Waals surface area contributed by atoms with Gasteiger partial charge in [0.25, 0.3) is 5.91 Å². The predicted molar refractivity (Wildman–Crippen MR) is 89.6 cm³/mol. The summed E-state index contributed by atoms with van der Waals surface area (Å²) < 4.78 is 40.0. The molecule has 0 radical (unpaired) electrons. The van der Waals surface area contributed by atoms with Crippen LogP contribution in [0.4, 0.5) is 13.2 Å². The molecular weight excluding hydrogens is 357 g/mol. The van der Waals surface area contributed by atoms with Gasteiger partial charge in [-0.15, -0.1) is 0 Å². The smallest absolute Gasteiger partial charge is 0.337 e. The molecule has 0 bridgehead atoms. The molecule has 3 rings (SSSR count). The van der Waals surface area contributed by atoms with Crippen molar-refractivity contribution in [3.63, 3.8) is 0 Å². The van der Waals surface area contributed by atoms with Crippen molar-refractivity contribution in [3.05, 3.63) is 16.4 Å². The lowest BCUT2D eigenvalue weighted by Crippen LogP contribution is -2.32. The third kappa shape index (κ3) is 4.28. The molecule has 1 fully saturated rings. The Bertz CT molecular complexity index is 617. The topological polar surface area (TPSA) is 41.4 Å². The van der Waals surface area contributed by atoms with Gasteiger partial charge in [0, 0.05) is 32.7 Å². The van der Waals surface area contributed by atoms with E-state index in [2.05, 4.69) is 10.00 Å². The van der Waals surface area contributed by atoms with E-state index in [1.807, 2.05) is 20.9 Å². The highest BCUT2D eigenvalue weighted by atomic mass is 35.5. The van der Waals surface area contributed by atoms with Gasteiger partial charge in [0.1, 0.15) is 0 Å². The molecule has 1 atom stereocenters. The zero-order valence-corrected chi connectivity index (χ0v) is 15.5. The largest absolute Gasteiger partial charge is 0.393 e. The molecule has 1 saturated heterocycles. The van der Waals surface area contributed by atoms with E-state index >= 15 is 0 Å². The minimum atomic E-state index is -4.27. The number of alkyl halides is 3. The van der Waals surface area contributed by atoms with Crippen molar-refractivity contribution in [2.24, 2.45) is 5.92 Å². The lowest BCUT2D eigenvalue weighted by Gasteiger charge is -2.17. The number of fused-ring (bicyclic) bond motifs is 1. The second-order valence-electron chi connectivity index (χ2n) is 6.20. The summed E-state index contributed by atoms with van der Waals surface area (Å²) in [5, 5.41) is 4.53. The highest BCUT2D eigenvalue weighted by molar-refractivity contribution is 6.34. The first-order valence-corrected chi connectivity index (χ1v) is 8.95. The Balaban J connectivity index is 0.00000109. The van der Waals surface area contributed by atoms with Crippen LogP contribution < -0.4 is 0 Å². The Morgan fingerprint density at radius 2 is 1.92 bits per heavy atom. The number of nitrogens with zero attached hydrogens (tertiary/aromatic N) is 4. The number of rotatable bonds is 1. The molecule has 1 unspecified atom stereocenters. The molecule has 142 valence electrons. The maximum absolute atomic E-state index is 12.8. The summed E-state index contributed by atoms with van der Waals surface area (Å²) in [4.78, 5) is 15.8. The molecule has 9 heteroatoms. The highest BCUT2D eigenvalue weighted by Crippen LogP contribution is 2.34. The highest BCUT2D eigenvalue weighted by Gasteiger charge is 2.45. The monoisotopic (exact) mass is 380 g/mol. The second kappa shape index (κ2) is 7.95. The Hall–Kier alpha value is -1.28. The standard InChI is InChI=1S/C14H18ClF3N4O.C2H6/c1-20-4-2-5-22-10(8-20)11(15)12(19-22)13(23)21-6-3-9(7-21)14(16,17)18;1-2/h9H,2-8H2,1H3;1-2H3. The quantitative estimate of drug-likeness (QED) is 0.749. The molecule has 0 aromatic carbocycles. The minimum Gasteiger partial charge on any atom is -0.337 e. The van der Waals surface area contributed by atoms with Crippen LogP contribution in [0.3, 0.4) is 0 Å². The van der Waals surface area contributed by atoms with Crippen LogP contribution in [0.1, 0.15) is 42.9 Å². The van der Waals surface area contributed by atoms with E-state index < -0.39 is 18.0 Å². The van der Waals surface area contributed by atoms with Gasteiger partial charge >= 0.3 is 6.18 Å². The lowest BCUT2D eigenvalue weighted by molar-refractivity contribution is -0.169. The van der Waals surface area contributed by atoms with Crippen LogP contribution in [0.5, 0.6) is 0 Å². The third-order valence-corrected chi connectivity index (χ3v) is 4.86. The number of hydrogen-bond acceptors (Lipinski definition) is 3. The lowest BCUT2D eigenvalue weighted by atomic mass is 10.1. The van der Waals surface area contributed by atoms with Crippen molar-refractivity contribution in [2.75, 3.05) is 26.7 Å². The maximum Gasteiger partial charge on any atom is 0.393 e. The first-order valence-electron chi connectivity index (χ1n) is 8.57. The molecule has 0 spiro atoms. The van der Waals surface area contributed by atoms with Crippen molar-refractivity contribution in [2.45, 2.75) is 46.0 Å². The van der Waals surface area contributed by atoms with Gasteiger partial charge in [-0.25, -0.2) is 0 Å². The van der Waals surface area contributed by atoms with Crippen molar-refractivity contribution >= 4 is 17.5 Å². The van der Waals surface area contributed by atoms with E-state index in [9.17, 15) is 18.0 Å². The fraction of sp³-hybridized carbons (Fsp3) is 0.750. The normalized spacial score (nSPS) is 21.4. The van der Waals surface area contributed by atoms with Crippen LogP contribution >= 0.6 is 11.6 Å². The Morgan fingerprint density at radius 3 is 2.52 bits per heavy atom. The van der Waals surface area contributed by atoms with E-state index in [4.69, 9.17) is 11.6 Å². The van der Waals surface area contributed by atoms with Gasteiger partial charge in [-0.05, 0) is 19.9 Å². The first kappa shape index (κ1) is 20.0. The van der Waals surface area contributed by atoms with Crippen LogP contribution in [0.2, 0.25) is 5.02 Å². The van der Waals surface area contributed by atoms with Gasteiger partial charge in [0.15, 0.2) is 5.69 Å². The second-order valence-corrected chi connectivity index (χ2v) is 6.58. The van der Waals surface area contributed by atoms with Crippen molar-refractivity contribution in [1.29, 1.82) is 0 Å². The average molecular weight is 381 g/mol. The number of hydrogen-bond donors (Lipinski definition) is 0. The fourth-order valence-corrected chi connectivity index (χ4v) is 3.41. The Kier molecular flexibility index (Phi) is 6.37. The molecule has 2 aliphatic rings. The summed E-state index contributed by atoms with van der Waals surface area (Å²) >= 11 is 6.30. The molecule has 5 nitrogen and oxygen atoms in total. The molecule has 1 aromatic heterocycles. The van der Waals surface area contributed by atoms with Gasteiger partial charge in [-0.1, -0.05) is 25.4 Å². The van der Waals surface area contributed by atoms with Gasteiger partial charge in [-0.3, -0.25) is 9.48 Å². The SMILES string of the molecule is CC.CN1CCCn2nc(C(=O)N3CCC(C(F)(F)F)C3)c(Cl)c2C1. The van der Waals surface area contributed by atoms with E-state index in [-0.39, 0.29) is 30.2 Å². The van der Waals surface area contributed by atoms with E-state index in [1.54, 1.807) is 4.68 Å². The number of aromatic nitrogens is 2. The molecule has 1 aromatic rings. The minimum absolute atomic E-state index is 0.0663. The summed E-state index contributed by atoms with van der Waals surface area (Å²) in [7, 11) is 1.95. The summed E-state index contributed by atoms with van der Waals surface area (Å²) in [6, 6.07) is 0. The van der Waals surface area contributed by atoms with Gasteiger partial charge in [-0.2, -0.15) is 18.3 Å². The van der Waals surface area contributed by atoms with Crippen molar-refractivity contribution in [1.82, 2.24) is 19.6 Å². The Labute approximate surface area is 150 Å². The molecule has 0 N–H and O–H groups in total. The number of amides is 1.